The SMILES string of the molecule is CCC(CC)CNC(C)c1ccoc1. The lowest BCUT2D eigenvalue weighted by atomic mass is 10.0. The maximum Gasteiger partial charge on any atom is 0.0950 e. The summed E-state index contributed by atoms with van der Waals surface area (Å²) in [5.74, 6) is 0.796. The van der Waals surface area contributed by atoms with Gasteiger partial charge in [0.25, 0.3) is 0 Å². The van der Waals surface area contributed by atoms with Crippen molar-refractivity contribution in [2.75, 3.05) is 6.54 Å². The second kappa shape index (κ2) is 5.86. The van der Waals surface area contributed by atoms with Gasteiger partial charge in [0.05, 0.1) is 12.5 Å². The molecule has 14 heavy (non-hydrogen) atoms. The molecule has 1 N–H and O–H groups in total. The second-order valence-electron chi connectivity index (χ2n) is 3.87. The van der Waals surface area contributed by atoms with Gasteiger partial charge >= 0.3 is 0 Å². The molecule has 1 unspecified atom stereocenters. The summed E-state index contributed by atoms with van der Waals surface area (Å²) in [6, 6.07) is 2.42. The molecular formula is C12H21NO. The van der Waals surface area contributed by atoms with Crippen LogP contribution in [0.5, 0.6) is 0 Å². The molecule has 0 aliphatic rings. The van der Waals surface area contributed by atoms with E-state index in [0.29, 0.717) is 6.04 Å². The minimum absolute atomic E-state index is 0.398. The van der Waals surface area contributed by atoms with Crippen molar-refractivity contribution in [3.05, 3.63) is 24.2 Å². The molecule has 1 aromatic heterocycles. The first-order chi connectivity index (χ1) is 6.77. The van der Waals surface area contributed by atoms with Crippen LogP contribution in [-0.2, 0) is 0 Å². The van der Waals surface area contributed by atoms with Crippen molar-refractivity contribution in [2.24, 2.45) is 5.92 Å². The Hall–Kier alpha value is -0.760. The van der Waals surface area contributed by atoms with Crippen LogP contribution in [0.3, 0.4) is 0 Å². The van der Waals surface area contributed by atoms with Gasteiger partial charge in [0.1, 0.15) is 0 Å². The van der Waals surface area contributed by atoms with Crippen molar-refractivity contribution >= 4 is 0 Å². The summed E-state index contributed by atoms with van der Waals surface area (Å²) in [5, 5.41) is 3.53. The molecule has 0 saturated carbocycles. The summed E-state index contributed by atoms with van der Waals surface area (Å²) in [7, 11) is 0. The van der Waals surface area contributed by atoms with E-state index in [9.17, 15) is 0 Å². The van der Waals surface area contributed by atoms with Gasteiger partial charge in [-0.1, -0.05) is 26.7 Å². The van der Waals surface area contributed by atoms with E-state index < -0.39 is 0 Å². The highest BCUT2D eigenvalue weighted by atomic mass is 16.3. The second-order valence-corrected chi connectivity index (χ2v) is 3.87. The first-order valence-corrected chi connectivity index (χ1v) is 5.53. The van der Waals surface area contributed by atoms with Gasteiger partial charge < -0.3 is 9.73 Å². The first kappa shape index (κ1) is 11.3. The number of furan rings is 1. The smallest absolute Gasteiger partial charge is 0.0950 e. The normalized spacial score (nSPS) is 13.4. The van der Waals surface area contributed by atoms with Crippen molar-refractivity contribution < 1.29 is 4.42 Å². The van der Waals surface area contributed by atoms with Crippen molar-refractivity contribution in [3.8, 4) is 0 Å². The fourth-order valence-corrected chi connectivity index (χ4v) is 1.56. The molecule has 1 heterocycles. The van der Waals surface area contributed by atoms with Crippen LogP contribution in [0.2, 0.25) is 0 Å². The van der Waals surface area contributed by atoms with E-state index >= 15 is 0 Å². The van der Waals surface area contributed by atoms with Gasteiger partial charge in [0.15, 0.2) is 0 Å². The Morgan fingerprint density at radius 1 is 1.36 bits per heavy atom. The molecule has 1 atom stereocenters. The van der Waals surface area contributed by atoms with Crippen molar-refractivity contribution in [2.45, 2.75) is 39.7 Å². The van der Waals surface area contributed by atoms with E-state index in [1.165, 1.54) is 18.4 Å². The molecule has 2 nitrogen and oxygen atoms in total. The minimum atomic E-state index is 0.398. The van der Waals surface area contributed by atoms with Gasteiger partial charge in [-0.05, 0) is 25.5 Å². The zero-order valence-corrected chi connectivity index (χ0v) is 9.42. The third-order valence-electron chi connectivity index (χ3n) is 2.91. The molecule has 0 spiro atoms. The number of nitrogens with one attached hydrogen (secondary N) is 1. The van der Waals surface area contributed by atoms with E-state index in [1.54, 1.807) is 6.26 Å². The predicted molar refractivity (Wildman–Crippen MR) is 59.2 cm³/mol. The number of hydrogen-bond acceptors (Lipinski definition) is 2. The summed E-state index contributed by atoms with van der Waals surface area (Å²) in [6.45, 7) is 7.77. The van der Waals surface area contributed by atoms with Crippen molar-refractivity contribution in [3.63, 3.8) is 0 Å². The Labute approximate surface area is 86.7 Å². The fourth-order valence-electron chi connectivity index (χ4n) is 1.56. The summed E-state index contributed by atoms with van der Waals surface area (Å²) in [4.78, 5) is 0. The van der Waals surface area contributed by atoms with E-state index in [4.69, 9.17) is 4.42 Å². The van der Waals surface area contributed by atoms with Gasteiger partial charge in [-0.25, -0.2) is 0 Å². The Kier molecular flexibility index (Phi) is 4.74. The third kappa shape index (κ3) is 3.18. The molecule has 0 aromatic carbocycles. The number of rotatable bonds is 6. The van der Waals surface area contributed by atoms with Gasteiger partial charge in [-0.15, -0.1) is 0 Å². The topological polar surface area (TPSA) is 25.2 Å². The van der Waals surface area contributed by atoms with Crippen molar-refractivity contribution in [1.29, 1.82) is 0 Å². The molecular weight excluding hydrogens is 174 g/mol. The van der Waals surface area contributed by atoms with Gasteiger partial charge in [0, 0.05) is 11.6 Å². The average Bonchev–Trinajstić information content (AvgIpc) is 2.72. The highest BCUT2D eigenvalue weighted by Gasteiger charge is 2.08. The Morgan fingerprint density at radius 3 is 2.57 bits per heavy atom. The highest BCUT2D eigenvalue weighted by Crippen LogP contribution is 2.14. The molecule has 2 heteroatoms. The molecule has 0 aliphatic heterocycles. The first-order valence-electron chi connectivity index (χ1n) is 5.53. The maximum absolute atomic E-state index is 5.06. The van der Waals surface area contributed by atoms with E-state index in [0.717, 1.165) is 12.5 Å². The molecule has 80 valence electrons. The monoisotopic (exact) mass is 195 g/mol. The van der Waals surface area contributed by atoms with E-state index in [-0.39, 0.29) is 0 Å². The Morgan fingerprint density at radius 2 is 2.07 bits per heavy atom. The maximum atomic E-state index is 5.06. The van der Waals surface area contributed by atoms with Crippen LogP contribution >= 0.6 is 0 Å². The van der Waals surface area contributed by atoms with E-state index in [1.807, 2.05) is 12.3 Å². The molecule has 1 rings (SSSR count). The molecule has 0 radical (unpaired) electrons. The average molecular weight is 195 g/mol. The number of hydrogen-bond donors (Lipinski definition) is 1. The van der Waals surface area contributed by atoms with Crippen LogP contribution in [0.4, 0.5) is 0 Å². The molecule has 0 bridgehead atoms. The van der Waals surface area contributed by atoms with Crippen molar-refractivity contribution in [1.82, 2.24) is 5.32 Å². The summed E-state index contributed by atoms with van der Waals surface area (Å²) in [5.41, 5.74) is 1.23. The summed E-state index contributed by atoms with van der Waals surface area (Å²) in [6.07, 6.45) is 6.04. The van der Waals surface area contributed by atoms with Gasteiger partial charge in [-0.2, -0.15) is 0 Å². The van der Waals surface area contributed by atoms with Crippen LogP contribution < -0.4 is 5.32 Å². The quantitative estimate of drug-likeness (QED) is 0.753. The van der Waals surface area contributed by atoms with Crippen LogP contribution in [-0.4, -0.2) is 6.54 Å². The lowest BCUT2D eigenvalue weighted by Crippen LogP contribution is -2.24. The van der Waals surface area contributed by atoms with Crippen LogP contribution in [0, 0.1) is 5.92 Å². The van der Waals surface area contributed by atoms with Gasteiger partial charge in [-0.3, -0.25) is 0 Å². The minimum Gasteiger partial charge on any atom is -0.472 e. The largest absolute Gasteiger partial charge is 0.472 e. The zero-order chi connectivity index (χ0) is 10.4. The van der Waals surface area contributed by atoms with Crippen LogP contribution in [0.25, 0.3) is 0 Å². The zero-order valence-electron chi connectivity index (χ0n) is 9.42. The van der Waals surface area contributed by atoms with E-state index in [2.05, 4.69) is 26.1 Å². The van der Waals surface area contributed by atoms with Crippen LogP contribution in [0.1, 0.15) is 45.2 Å². The molecule has 0 aliphatic carbocycles. The highest BCUT2D eigenvalue weighted by molar-refractivity contribution is 5.10. The fraction of sp³-hybridized carbons (Fsp3) is 0.667. The lowest BCUT2D eigenvalue weighted by molar-refractivity contribution is 0.421. The molecule has 1 aromatic rings. The predicted octanol–water partition coefficient (Wildman–Crippen LogP) is 3.37. The summed E-state index contributed by atoms with van der Waals surface area (Å²) < 4.78 is 5.06. The molecule has 0 fully saturated rings. The summed E-state index contributed by atoms with van der Waals surface area (Å²) >= 11 is 0. The molecule has 0 saturated heterocycles. The van der Waals surface area contributed by atoms with Crippen LogP contribution in [0.15, 0.2) is 23.0 Å². The third-order valence-corrected chi connectivity index (χ3v) is 2.91. The van der Waals surface area contributed by atoms with Gasteiger partial charge in [0.2, 0.25) is 0 Å². The molecule has 0 amide bonds. The Balaban J connectivity index is 2.31. The Bertz CT molecular complexity index is 226. The standard InChI is InChI=1S/C12H21NO/c1-4-11(5-2)8-13-10(3)12-6-7-14-9-12/h6-7,9-11,13H,4-5,8H2,1-3H3. The lowest BCUT2D eigenvalue weighted by Gasteiger charge is -2.17.